The van der Waals surface area contributed by atoms with E-state index in [1.807, 2.05) is 32.0 Å². The van der Waals surface area contributed by atoms with Crippen molar-refractivity contribution in [3.8, 4) is 0 Å². The van der Waals surface area contributed by atoms with Crippen LogP contribution in [0.5, 0.6) is 0 Å². The second-order valence-electron chi connectivity index (χ2n) is 5.96. The monoisotopic (exact) mass is 384 g/mol. The van der Waals surface area contributed by atoms with Gasteiger partial charge in [0, 0.05) is 5.69 Å². The number of aromatic nitrogens is 1. The van der Waals surface area contributed by atoms with Crippen LogP contribution in [0.15, 0.2) is 18.2 Å². The summed E-state index contributed by atoms with van der Waals surface area (Å²) in [4.78, 5) is 16.7. The number of carbonyl (C=O) groups is 1. The molecule has 0 radical (unpaired) electrons. The van der Waals surface area contributed by atoms with Crippen molar-refractivity contribution < 1.29 is 18.0 Å². The van der Waals surface area contributed by atoms with Gasteiger partial charge in [0.1, 0.15) is 0 Å². The zero-order valence-electron chi connectivity index (χ0n) is 15.0. The fraction of sp³-hybridized carbons (Fsp3) is 0.368. The second kappa shape index (κ2) is 7.66. The van der Waals surface area contributed by atoms with Gasteiger partial charge < -0.3 is 5.32 Å². The molecule has 1 N–H and O–H groups in total. The normalized spacial score (nSPS) is 11.5. The number of carbonyl (C=O) groups excluding carboxylic acids is 1. The Labute approximate surface area is 155 Å². The van der Waals surface area contributed by atoms with E-state index in [-0.39, 0.29) is 17.0 Å². The van der Waals surface area contributed by atoms with Crippen molar-refractivity contribution in [2.45, 2.75) is 46.7 Å². The third-order valence-electron chi connectivity index (χ3n) is 4.25. The van der Waals surface area contributed by atoms with Crippen molar-refractivity contribution in [2.24, 2.45) is 0 Å². The molecule has 0 saturated heterocycles. The highest BCUT2D eigenvalue weighted by Crippen LogP contribution is 2.39. The van der Waals surface area contributed by atoms with Crippen molar-refractivity contribution in [1.82, 2.24) is 4.98 Å². The van der Waals surface area contributed by atoms with E-state index in [4.69, 9.17) is 11.6 Å². The summed E-state index contributed by atoms with van der Waals surface area (Å²) in [6, 6.07) is 5.64. The van der Waals surface area contributed by atoms with Crippen LogP contribution in [0.4, 0.5) is 18.9 Å². The van der Waals surface area contributed by atoms with Crippen LogP contribution in [0.1, 0.15) is 52.3 Å². The fourth-order valence-electron chi connectivity index (χ4n) is 2.98. The Morgan fingerprint density at radius 1 is 1.12 bits per heavy atom. The minimum atomic E-state index is -4.69. The molecule has 7 heteroatoms. The van der Waals surface area contributed by atoms with Crippen molar-refractivity contribution in [2.75, 3.05) is 5.32 Å². The molecule has 0 saturated carbocycles. The van der Waals surface area contributed by atoms with E-state index >= 15 is 0 Å². The van der Waals surface area contributed by atoms with Gasteiger partial charge in [0.2, 0.25) is 0 Å². The Morgan fingerprint density at radius 2 is 1.65 bits per heavy atom. The zero-order valence-corrected chi connectivity index (χ0v) is 15.8. The smallest absolute Gasteiger partial charge is 0.321 e. The molecule has 2 rings (SSSR count). The molecular formula is C19H20ClF3N2O. The van der Waals surface area contributed by atoms with Crippen molar-refractivity contribution in [3.05, 3.63) is 56.9 Å². The van der Waals surface area contributed by atoms with Crippen LogP contribution in [0.25, 0.3) is 0 Å². The molecule has 0 aliphatic carbocycles. The van der Waals surface area contributed by atoms with Gasteiger partial charge in [-0.1, -0.05) is 43.6 Å². The van der Waals surface area contributed by atoms with E-state index in [0.717, 1.165) is 11.1 Å². The topological polar surface area (TPSA) is 42.0 Å². The van der Waals surface area contributed by atoms with E-state index in [2.05, 4.69) is 10.3 Å². The number of hydrogen-bond acceptors (Lipinski definition) is 2. The molecule has 0 spiro atoms. The summed E-state index contributed by atoms with van der Waals surface area (Å²) >= 11 is 5.99. The van der Waals surface area contributed by atoms with Gasteiger partial charge in [-0.2, -0.15) is 13.2 Å². The van der Waals surface area contributed by atoms with Gasteiger partial charge in [0.25, 0.3) is 5.91 Å². The number of anilines is 1. The molecule has 1 aromatic heterocycles. The molecular weight excluding hydrogens is 365 g/mol. The zero-order chi connectivity index (χ0) is 19.6. The predicted octanol–water partition coefficient (Wildman–Crippen LogP) is 5.75. The Morgan fingerprint density at radius 3 is 2.12 bits per heavy atom. The van der Waals surface area contributed by atoms with Crippen molar-refractivity contribution >= 4 is 23.2 Å². The Bertz CT molecular complexity index is 825. The second-order valence-corrected chi connectivity index (χ2v) is 6.33. The van der Waals surface area contributed by atoms with Gasteiger partial charge in [0.05, 0.1) is 27.5 Å². The van der Waals surface area contributed by atoms with Crippen LogP contribution >= 0.6 is 11.6 Å². The number of hydrogen-bond donors (Lipinski definition) is 1. The lowest BCUT2D eigenvalue weighted by Crippen LogP contribution is -2.20. The summed E-state index contributed by atoms with van der Waals surface area (Å²) < 4.78 is 39.9. The van der Waals surface area contributed by atoms with Gasteiger partial charge in [-0.15, -0.1) is 0 Å². The maximum atomic E-state index is 13.3. The summed E-state index contributed by atoms with van der Waals surface area (Å²) in [7, 11) is 0. The molecule has 140 valence electrons. The minimum Gasteiger partial charge on any atom is -0.321 e. The van der Waals surface area contributed by atoms with Crippen molar-refractivity contribution in [1.29, 1.82) is 0 Å². The average Bonchev–Trinajstić information content (AvgIpc) is 2.52. The van der Waals surface area contributed by atoms with Crippen LogP contribution in [-0.4, -0.2) is 10.9 Å². The number of nitrogens with one attached hydrogen (secondary N) is 1. The quantitative estimate of drug-likeness (QED) is 0.729. The van der Waals surface area contributed by atoms with Gasteiger partial charge >= 0.3 is 6.18 Å². The highest BCUT2D eigenvalue weighted by Gasteiger charge is 2.38. The van der Waals surface area contributed by atoms with E-state index in [9.17, 15) is 18.0 Å². The van der Waals surface area contributed by atoms with Gasteiger partial charge in [0.15, 0.2) is 0 Å². The Balaban J connectivity index is 2.56. The molecule has 0 unspecified atom stereocenters. The maximum absolute atomic E-state index is 13.3. The maximum Gasteiger partial charge on any atom is 0.419 e. The van der Waals surface area contributed by atoms with Gasteiger partial charge in [-0.05, 0) is 37.8 Å². The minimum absolute atomic E-state index is 0.157. The first-order chi connectivity index (χ1) is 12.1. The van der Waals surface area contributed by atoms with Crippen LogP contribution in [0.3, 0.4) is 0 Å². The lowest BCUT2D eigenvalue weighted by Gasteiger charge is -2.18. The highest BCUT2D eigenvalue weighted by molar-refractivity contribution is 6.35. The summed E-state index contributed by atoms with van der Waals surface area (Å²) in [6.07, 6.45) is -3.33. The molecule has 0 fully saturated rings. The first-order valence-corrected chi connectivity index (χ1v) is 8.65. The predicted molar refractivity (Wildman–Crippen MR) is 96.9 cm³/mol. The fourth-order valence-corrected chi connectivity index (χ4v) is 3.45. The molecule has 26 heavy (non-hydrogen) atoms. The average molecular weight is 385 g/mol. The van der Waals surface area contributed by atoms with E-state index in [1.54, 1.807) is 0 Å². The number of pyridine rings is 1. The van der Waals surface area contributed by atoms with E-state index < -0.39 is 22.7 Å². The molecule has 3 nitrogen and oxygen atoms in total. The molecule has 1 amide bonds. The number of benzene rings is 1. The number of halogens is 4. The Hall–Kier alpha value is -2.08. The van der Waals surface area contributed by atoms with Crippen LogP contribution < -0.4 is 5.32 Å². The lowest BCUT2D eigenvalue weighted by molar-refractivity contribution is -0.138. The van der Waals surface area contributed by atoms with Crippen LogP contribution in [0.2, 0.25) is 5.02 Å². The summed E-state index contributed by atoms with van der Waals surface area (Å²) in [6.45, 7) is 6.58. The summed E-state index contributed by atoms with van der Waals surface area (Å²) in [5.74, 6) is -0.693. The molecule has 1 aromatic carbocycles. The molecule has 0 atom stereocenters. The van der Waals surface area contributed by atoms with Gasteiger partial charge in [-0.25, -0.2) is 0 Å². The highest BCUT2D eigenvalue weighted by atomic mass is 35.5. The third-order valence-corrected chi connectivity index (χ3v) is 4.62. The van der Waals surface area contributed by atoms with E-state index in [0.29, 0.717) is 18.5 Å². The third kappa shape index (κ3) is 3.85. The number of alkyl halides is 3. The summed E-state index contributed by atoms with van der Waals surface area (Å²) in [5.41, 5.74) is 1.01. The molecule has 0 aliphatic rings. The standard InChI is InChI=1S/C19H20ClF3N2O/c1-5-12-8-7-9-13(6-2)17(12)25-18(26)14-10(3)24-11(4)15(16(14)20)19(21,22)23/h7-9H,5-6H2,1-4H3,(H,25,26). The largest absolute Gasteiger partial charge is 0.419 e. The number of nitrogens with zero attached hydrogens (tertiary/aromatic N) is 1. The molecule has 0 bridgehead atoms. The molecule has 1 heterocycles. The summed E-state index contributed by atoms with van der Waals surface area (Å²) in [5, 5.41) is 2.13. The van der Waals surface area contributed by atoms with E-state index in [1.165, 1.54) is 13.8 Å². The SMILES string of the molecule is CCc1cccc(CC)c1NC(=O)c1c(C)nc(C)c(C(F)(F)F)c1Cl. The number of amides is 1. The first-order valence-electron chi connectivity index (χ1n) is 8.27. The molecule has 0 aliphatic heterocycles. The number of para-hydroxylation sites is 1. The first kappa shape index (κ1) is 20.2. The van der Waals surface area contributed by atoms with Gasteiger partial charge in [-0.3, -0.25) is 9.78 Å². The molecule has 2 aromatic rings. The lowest BCUT2D eigenvalue weighted by atomic mass is 10.0. The van der Waals surface area contributed by atoms with Crippen LogP contribution in [-0.2, 0) is 19.0 Å². The number of rotatable bonds is 4. The number of aryl methyl sites for hydroxylation is 4. The Kier molecular flexibility index (Phi) is 5.96. The van der Waals surface area contributed by atoms with Crippen LogP contribution in [0, 0.1) is 13.8 Å². The van der Waals surface area contributed by atoms with Crippen molar-refractivity contribution in [3.63, 3.8) is 0 Å².